The van der Waals surface area contributed by atoms with Crippen molar-refractivity contribution in [1.29, 1.82) is 0 Å². The Kier molecular flexibility index (Phi) is 12.6. The van der Waals surface area contributed by atoms with Crippen LogP contribution in [0.3, 0.4) is 0 Å². The molecule has 0 aliphatic rings. The highest BCUT2D eigenvalue weighted by Gasteiger charge is 2.18. The number of ether oxygens (including phenoxy) is 1. The summed E-state index contributed by atoms with van der Waals surface area (Å²) in [5.74, 6) is 1.45. The Morgan fingerprint density at radius 2 is 1.73 bits per heavy atom. The summed E-state index contributed by atoms with van der Waals surface area (Å²) in [7, 11) is -1.60. The Hall–Kier alpha value is -1.07. The summed E-state index contributed by atoms with van der Waals surface area (Å²) in [4.78, 5) is 4.49. The van der Waals surface area contributed by atoms with Crippen molar-refractivity contribution in [3.63, 3.8) is 0 Å². The first-order chi connectivity index (χ1) is 12.0. The van der Waals surface area contributed by atoms with Gasteiger partial charge in [0.2, 0.25) is 10.0 Å². The molecular weight excluding hydrogens is 467 g/mol. The van der Waals surface area contributed by atoms with Crippen molar-refractivity contribution in [2.45, 2.75) is 27.3 Å². The Morgan fingerprint density at radius 1 is 1.12 bits per heavy atom. The fourth-order valence-electron chi connectivity index (χ4n) is 2.29. The second-order valence-electron chi connectivity index (χ2n) is 5.37. The Balaban J connectivity index is 0.00000625. The van der Waals surface area contributed by atoms with E-state index in [1.165, 1.54) is 4.31 Å². The van der Waals surface area contributed by atoms with E-state index < -0.39 is 10.0 Å². The van der Waals surface area contributed by atoms with Crippen molar-refractivity contribution < 1.29 is 13.2 Å². The largest absolute Gasteiger partial charge is 0.497 e. The van der Waals surface area contributed by atoms with Crippen LogP contribution < -0.4 is 15.4 Å². The average Bonchev–Trinajstić information content (AvgIpc) is 2.60. The SMILES string of the molecule is CCNC(=NCc1ccc(OC)cc1)NCCS(=O)(=O)N(CC)CC.I. The first-order valence-corrected chi connectivity index (χ1v) is 10.2. The van der Waals surface area contributed by atoms with Crippen LogP contribution in [0.15, 0.2) is 29.3 Å². The first kappa shape index (κ1) is 24.9. The van der Waals surface area contributed by atoms with Crippen molar-refractivity contribution in [3.05, 3.63) is 29.8 Å². The molecule has 0 heterocycles. The predicted octanol–water partition coefficient (Wildman–Crippen LogP) is 2.04. The molecule has 1 aromatic rings. The molecule has 0 aromatic heterocycles. The van der Waals surface area contributed by atoms with Crippen LogP contribution in [-0.4, -0.2) is 57.7 Å². The molecule has 0 spiro atoms. The van der Waals surface area contributed by atoms with E-state index in [4.69, 9.17) is 4.74 Å². The van der Waals surface area contributed by atoms with E-state index in [9.17, 15) is 8.42 Å². The van der Waals surface area contributed by atoms with Crippen LogP contribution in [-0.2, 0) is 16.6 Å². The molecule has 0 amide bonds. The minimum Gasteiger partial charge on any atom is -0.497 e. The van der Waals surface area contributed by atoms with Crippen LogP contribution >= 0.6 is 24.0 Å². The number of halogens is 1. The lowest BCUT2D eigenvalue weighted by Gasteiger charge is -2.19. The maximum atomic E-state index is 12.2. The van der Waals surface area contributed by atoms with Crippen LogP contribution in [0.4, 0.5) is 0 Å². The molecule has 0 atom stereocenters. The van der Waals surface area contributed by atoms with E-state index in [2.05, 4.69) is 15.6 Å². The molecule has 9 heteroatoms. The van der Waals surface area contributed by atoms with Crippen LogP contribution in [0.1, 0.15) is 26.3 Å². The Bertz CT molecular complexity index is 632. The molecule has 0 saturated heterocycles. The first-order valence-electron chi connectivity index (χ1n) is 8.59. The van der Waals surface area contributed by atoms with Gasteiger partial charge in [0, 0.05) is 26.2 Å². The number of guanidine groups is 1. The average molecular weight is 498 g/mol. The van der Waals surface area contributed by atoms with Gasteiger partial charge in [-0.05, 0) is 24.6 Å². The number of benzene rings is 1. The van der Waals surface area contributed by atoms with Gasteiger partial charge in [-0.15, -0.1) is 24.0 Å². The maximum Gasteiger partial charge on any atom is 0.215 e. The van der Waals surface area contributed by atoms with E-state index in [-0.39, 0.29) is 29.7 Å². The van der Waals surface area contributed by atoms with Gasteiger partial charge < -0.3 is 15.4 Å². The van der Waals surface area contributed by atoms with Gasteiger partial charge >= 0.3 is 0 Å². The minimum absolute atomic E-state index is 0. The smallest absolute Gasteiger partial charge is 0.215 e. The quantitative estimate of drug-likeness (QED) is 0.293. The third-order valence-electron chi connectivity index (χ3n) is 3.67. The molecule has 0 radical (unpaired) electrons. The van der Waals surface area contributed by atoms with Gasteiger partial charge in [0.15, 0.2) is 5.96 Å². The summed E-state index contributed by atoms with van der Waals surface area (Å²) in [6.45, 7) is 8.16. The molecule has 26 heavy (non-hydrogen) atoms. The highest BCUT2D eigenvalue weighted by molar-refractivity contribution is 14.0. The zero-order valence-electron chi connectivity index (χ0n) is 16.0. The second-order valence-corrected chi connectivity index (χ2v) is 7.46. The van der Waals surface area contributed by atoms with Crippen LogP contribution in [0.2, 0.25) is 0 Å². The number of sulfonamides is 1. The number of hydrogen-bond donors (Lipinski definition) is 2. The number of rotatable bonds is 10. The Morgan fingerprint density at radius 3 is 2.23 bits per heavy atom. The van der Waals surface area contributed by atoms with E-state index in [1.807, 2.05) is 45.0 Å². The van der Waals surface area contributed by atoms with Crippen molar-refractivity contribution >= 4 is 40.0 Å². The number of hydrogen-bond acceptors (Lipinski definition) is 4. The Labute approximate surface area is 174 Å². The molecule has 0 fully saturated rings. The van der Waals surface area contributed by atoms with Crippen molar-refractivity contribution in [1.82, 2.24) is 14.9 Å². The fraction of sp³-hybridized carbons (Fsp3) is 0.588. The topological polar surface area (TPSA) is 83.0 Å². The molecule has 0 aliphatic heterocycles. The molecule has 0 bridgehead atoms. The van der Waals surface area contributed by atoms with Crippen LogP contribution in [0.5, 0.6) is 5.75 Å². The molecule has 0 saturated carbocycles. The maximum absolute atomic E-state index is 12.2. The molecular formula is C17H31IN4O3S. The standard InChI is InChI=1S/C17H30N4O3S.HI/c1-5-18-17(19-12-13-25(22,23)21(6-2)7-3)20-14-15-8-10-16(24-4)11-9-15;/h8-11H,5-7,12-14H2,1-4H3,(H2,18,19,20);1H. The number of nitrogens with one attached hydrogen (secondary N) is 2. The number of aliphatic imine (C=N–C) groups is 1. The third-order valence-corrected chi connectivity index (χ3v) is 5.70. The molecule has 2 N–H and O–H groups in total. The molecule has 0 aliphatic carbocycles. The molecule has 1 rings (SSSR count). The van der Waals surface area contributed by atoms with Gasteiger partial charge in [0.05, 0.1) is 19.4 Å². The van der Waals surface area contributed by atoms with Gasteiger partial charge in [-0.1, -0.05) is 26.0 Å². The predicted molar refractivity (Wildman–Crippen MR) is 118 cm³/mol. The fourth-order valence-corrected chi connectivity index (χ4v) is 3.69. The van der Waals surface area contributed by atoms with Gasteiger partial charge in [0.25, 0.3) is 0 Å². The highest BCUT2D eigenvalue weighted by atomic mass is 127. The summed E-state index contributed by atoms with van der Waals surface area (Å²) < 4.78 is 31.0. The zero-order valence-corrected chi connectivity index (χ0v) is 19.1. The van der Waals surface area contributed by atoms with Gasteiger partial charge in [-0.25, -0.2) is 17.7 Å². The molecule has 1 aromatic carbocycles. The lowest BCUT2D eigenvalue weighted by atomic mass is 10.2. The monoisotopic (exact) mass is 498 g/mol. The zero-order chi connectivity index (χ0) is 18.7. The third kappa shape index (κ3) is 8.54. The summed E-state index contributed by atoms with van der Waals surface area (Å²) in [6.07, 6.45) is 0. The summed E-state index contributed by atoms with van der Waals surface area (Å²) >= 11 is 0. The van der Waals surface area contributed by atoms with Gasteiger partial charge in [0.1, 0.15) is 5.75 Å². The van der Waals surface area contributed by atoms with Gasteiger partial charge in [-0.3, -0.25) is 0 Å². The molecule has 0 unspecified atom stereocenters. The molecule has 150 valence electrons. The normalized spacial score (nSPS) is 11.8. The van der Waals surface area contributed by atoms with Gasteiger partial charge in [-0.2, -0.15) is 0 Å². The lowest BCUT2D eigenvalue weighted by molar-refractivity contribution is 0.414. The number of nitrogens with zero attached hydrogens (tertiary/aromatic N) is 2. The summed E-state index contributed by atoms with van der Waals surface area (Å²) in [6, 6.07) is 7.69. The van der Waals surface area contributed by atoms with E-state index in [0.29, 0.717) is 38.7 Å². The summed E-state index contributed by atoms with van der Waals surface area (Å²) in [5, 5.41) is 6.21. The molecule has 7 nitrogen and oxygen atoms in total. The number of methoxy groups -OCH3 is 1. The van der Waals surface area contributed by atoms with Crippen LogP contribution in [0.25, 0.3) is 0 Å². The lowest BCUT2D eigenvalue weighted by Crippen LogP contribution is -2.42. The minimum atomic E-state index is -3.23. The van der Waals surface area contributed by atoms with E-state index >= 15 is 0 Å². The van der Waals surface area contributed by atoms with Crippen LogP contribution in [0, 0.1) is 0 Å². The second kappa shape index (κ2) is 13.2. The van der Waals surface area contributed by atoms with Crippen molar-refractivity contribution in [2.75, 3.05) is 39.0 Å². The highest BCUT2D eigenvalue weighted by Crippen LogP contribution is 2.11. The van der Waals surface area contributed by atoms with E-state index in [1.54, 1.807) is 7.11 Å². The summed E-state index contributed by atoms with van der Waals surface area (Å²) in [5.41, 5.74) is 1.05. The van der Waals surface area contributed by atoms with Crippen molar-refractivity contribution in [2.24, 2.45) is 4.99 Å². The van der Waals surface area contributed by atoms with E-state index in [0.717, 1.165) is 11.3 Å². The van der Waals surface area contributed by atoms with Crippen molar-refractivity contribution in [3.8, 4) is 5.75 Å².